The molecule has 0 aromatic heterocycles. The van der Waals surface area contributed by atoms with Crippen LogP contribution in [-0.4, -0.2) is 31.4 Å². The fraction of sp³-hybridized carbons (Fsp3) is 0.190. The van der Waals surface area contributed by atoms with Crippen LogP contribution in [0.5, 0.6) is 17.2 Å². The summed E-state index contributed by atoms with van der Waals surface area (Å²) in [5.74, 6) is 0.543. The topological polar surface area (TPSA) is 65.0 Å². The molecule has 0 saturated heterocycles. The number of benzene rings is 2. The highest BCUT2D eigenvalue weighted by atomic mass is 35.5. The lowest BCUT2D eigenvalue weighted by molar-refractivity contribution is -0.131. The Hall–Kier alpha value is -2.92. The van der Waals surface area contributed by atoms with Gasteiger partial charge in [0.2, 0.25) is 0 Å². The van der Waals surface area contributed by atoms with Crippen molar-refractivity contribution in [2.24, 2.45) is 0 Å². The van der Waals surface area contributed by atoms with E-state index in [9.17, 15) is 4.79 Å². The van der Waals surface area contributed by atoms with Gasteiger partial charge >= 0.3 is 5.97 Å². The molecule has 0 fully saturated rings. The number of halogens is 1. The number of carbonyl (C=O) groups is 1. The highest BCUT2D eigenvalue weighted by Gasteiger charge is 2.12. The van der Waals surface area contributed by atoms with E-state index in [4.69, 9.17) is 30.9 Å². The normalized spacial score (nSPS) is 10.6. The van der Waals surface area contributed by atoms with E-state index in [1.54, 1.807) is 12.1 Å². The van der Waals surface area contributed by atoms with Gasteiger partial charge in [-0.05, 0) is 41.8 Å². The minimum atomic E-state index is -1.04. The van der Waals surface area contributed by atoms with Crippen LogP contribution in [0.15, 0.2) is 55.1 Å². The first-order valence-electron chi connectivity index (χ1n) is 8.28. The monoisotopic (exact) mass is 388 g/mol. The lowest BCUT2D eigenvalue weighted by Gasteiger charge is -2.14. The third-order valence-electron chi connectivity index (χ3n) is 3.59. The Bertz CT molecular complexity index is 829. The van der Waals surface area contributed by atoms with Crippen molar-refractivity contribution in [1.82, 2.24) is 0 Å². The second-order valence-electron chi connectivity index (χ2n) is 5.50. The second kappa shape index (κ2) is 10.3. The molecule has 0 radical (unpaired) electrons. The molecule has 0 bridgehead atoms. The maximum atomic E-state index is 10.6. The van der Waals surface area contributed by atoms with Gasteiger partial charge < -0.3 is 19.3 Å². The number of carboxylic acids is 1. The molecule has 2 aromatic rings. The van der Waals surface area contributed by atoms with Gasteiger partial charge in [0, 0.05) is 6.08 Å². The minimum absolute atomic E-state index is 0.267. The zero-order valence-corrected chi connectivity index (χ0v) is 15.7. The van der Waals surface area contributed by atoms with E-state index in [1.807, 2.05) is 30.3 Å². The third kappa shape index (κ3) is 6.08. The molecule has 5 nitrogen and oxygen atoms in total. The smallest absolute Gasteiger partial charge is 0.328 e. The summed E-state index contributed by atoms with van der Waals surface area (Å²) in [5, 5.41) is 9.05. The van der Waals surface area contributed by atoms with Gasteiger partial charge in [-0.3, -0.25) is 0 Å². The van der Waals surface area contributed by atoms with Crippen molar-refractivity contribution in [1.29, 1.82) is 0 Å². The van der Waals surface area contributed by atoms with E-state index in [0.29, 0.717) is 28.7 Å². The van der Waals surface area contributed by atoms with Crippen LogP contribution in [0.25, 0.3) is 6.08 Å². The number of para-hydroxylation sites is 1. The standard InChI is InChI=1S/C21H21ClO5/c1-3-6-16-7-4-5-8-18(16)26-11-12-27-21-17(22)13-15(9-10-20(23)24)14-19(21)25-2/h3-5,7-10,13-14H,1,6,11-12H2,2H3,(H,23,24). The summed E-state index contributed by atoms with van der Waals surface area (Å²) >= 11 is 6.25. The van der Waals surface area contributed by atoms with Crippen molar-refractivity contribution in [3.63, 3.8) is 0 Å². The summed E-state index contributed by atoms with van der Waals surface area (Å²) in [5.41, 5.74) is 1.65. The van der Waals surface area contributed by atoms with E-state index in [-0.39, 0.29) is 6.61 Å². The largest absolute Gasteiger partial charge is 0.493 e. The van der Waals surface area contributed by atoms with Crippen molar-refractivity contribution in [3.8, 4) is 17.2 Å². The molecule has 0 saturated carbocycles. The maximum absolute atomic E-state index is 10.6. The van der Waals surface area contributed by atoms with Crippen LogP contribution in [0.3, 0.4) is 0 Å². The SMILES string of the molecule is C=CCc1ccccc1OCCOc1c(Cl)cc(C=CC(=O)O)cc1OC. The number of allylic oxidation sites excluding steroid dienone is 1. The van der Waals surface area contributed by atoms with Crippen molar-refractivity contribution in [2.45, 2.75) is 6.42 Å². The van der Waals surface area contributed by atoms with Crippen LogP contribution in [0.2, 0.25) is 5.02 Å². The van der Waals surface area contributed by atoms with Gasteiger partial charge in [-0.2, -0.15) is 0 Å². The fourth-order valence-corrected chi connectivity index (χ4v) is 2.68. The van der Waals surface area contributed by atoms with Gasteiger partial charge in [0.15, 0.2) is 11.5 Å². The molecule has 0 spiro atoms. The Morgan fingerprint density at radius 1 is 1.19 bits per heavy atom. The zero-order chi connectivity index (χ0) is 19.6. The molecule has 0 heterocycles. The fourth-order valence-electron chi connectivity index (χ4n) is 2.41. The van der Waals surface area contributed by atoms with Gasteiger partial charge in [-0.25, -0.2) is 4.79 Å². The molecule has 142 valence electrons. The summed E-state index contributed by atoms with van der Waals surface area (Å²) in [6.07, 6.45) is 5.01. The molecule has 0 aliphatic carbocycles. The molecule has 2 aromatic carbocycles. The van der Waals surface area contributed by atoms with Crippen LogP contribution >= 0.6 is 11.6 Å². The zero-order valence-electron chi connectivity index (χ0n) is 15.0. The highest BCUT2D eigenvalue weighted by molar-refractivity contribution is 6.32. The number of rotatable bonds is 10. The Kier molecular flexibility index (Phi) is 7.77. The first kappa shape index (κ1) is 20.4. The Labute approximate surface area is 163 Å². The summed E-state index contributed by atoms with van der Waals surface area (Å²) in [6, 6.07) is 11.0. The van der Waals surface area contributed by atoms with E-state index in [0.717, 1.165) is 23.8 Å². The number of ether oxygens (including phenoxy) is 3. The predicted molar refractivity (Wildman–Crippen MR) is 106 cm³/mol. The summed E-state index contributed by atoms with van der Waals surface area (Å²) in [6.45, 7) is 4.34. The first-order valence-corrected chi connectivity index (χ1v) is 8.66. The molecule has 0 amide bonds. The molecule has 0 aliphatic rings. The summed E-state index contributed by atoms with van der Waals surface area (Å²) < 4.78 is 16.8. The van der Waals surface area contributed by atoms with Gasteiger partial charge in [0.1, 0.15) is 19.0 Å². The predicted octanol–water partition coefficient (Wildman–Crippen LogP) is 4.63. The highest BCUT2D eigenvalue weighted by Crippen LogP contribution is 2.36. The van der Waals surface area contributed by atoms with Crippen LogP contribution in [0.4, 0.5) is 0 Å². The number of methoxy groups -OCH3 is 1. The number of hydrogen-bond acceptors (Lipinski definition) is 4. The maximum Gasteiger partial charge on any atom is 0.328 e. The first-order chi connectivity index (χ1) is 13.0. The Balaban J connectivity index is 2.01. The Morgan fingerprint density at radius 2 is 1.93 bits per heavy atom. The van der Waals surface area contributed by atoms with E-state index >= 15 is 0 Å². The van der Waals surface area contributed by atoms with E-state index in [2.05, 4.69) is 6.58 Å². The summed E-state index contributed by atoms with van der Waals surface area (Å²) in [4.78, 5) is 10.6. The number of carboxylic acid groups (broad SMARTS) is 1. The van der Waals surface area contributed by atoms with Crippen molar-refractivity contribution in [3.05, 3.63) is 71.3 Å². The quantitative estimate of drug-likeness (QED) is 0.365. The van der Waals surface area contributed by atoms with E-state index < -0.39 is 5.97 Å². The van der Waals surface area contributed by atoms with Gasteiger partial charge in [-0.15, -0.1) is 6.58 Å². The molecular weight excluding hydrogens is 368 g/mol. The van der Waals surface area contributed by atoms with Crippen LogP contribution in [0, 0.1) is 0 Å². The van der Waals surface area contributed by atoms with Crippen molar-refractivity contribution >= 4 is 23.6 Å². The average Bonchev–Trinajstić information content (AvgIpc) is 2.65. The number of hydrogen-bond donors (Lipinski definition) is 1. The lowest BCUT2D eigenvalue weighted by atomic mass is 10.1. The molecule has 6 heteroatoms. The van der Waals surface area contributed by atoms with Gasteiger partial charge in [0.25, 0.3) is 0 Å². The minimum Gasteiger partial charge on any atom is -0.493 e. The van der Waals surface area contributed by atoms with Crippen molar-refractivity contribution < 1.29 is 24.1 Å². The second-order valence-corrected chi connectivity index (χ2v) is 5.91. The molecule has 2 rings (SSSR count). The van der Waals surface area contributed by atoms with Crippen LogP contribution in [0.1, 0.15) is 11.1 Å². The number of aliphatic carboxylic acids is 1. The van der Waals surface area contributed by atoms with E-state index in [1.165, 1.54) is 13.2 Å². The van der Waals surface area contributed by atoms with Crippen LogP contribution < -0.4 is 14.2 Å². The van der Waals surface area contributed by atoms with Gasteiger partial charge in [0.05, 0.1) is 12.1 Å². The lowest BCUT2D eigenvalue weighted by Crippen LogP contribution is -2.10. The summed E-state index contributed by atoms with van der Waals surface area (Å²) in [7, 11) is 1.49. The molecule has 0 unspecified atom stereocenters. The van der Waals surface area contributed by atoms with Crippen molar-refractivity contribution in [2.75, 3.05) is 20.3 Å². The Morgan fingerprint density at radius 3 is 2.63 bits per heavy atom. The molecule has 0 atom stereocenters. The molecule has 0 aliphatic heterocycles. The molecule has 1 N–H and O–H groups in total. The molecular formula is C21H21ClO5. The van der Waals surface area contributed by atoms with Gasteiger partial charge in [-0.1, -0.05) is 35.9 Å². The third-order valence-corrected chi connectivity index (χ3v) is 3.88. The average molecular weight is 389 g/mol. The molecule has 27 heavy (non-hydrogen) atoms. The van der Waals surface area contributed by atoms with Crippen LogP contribution in [-0.2, 0) is 11.2 Å².